The fraction of sp³-hybridized carbons (Fsp3) is 0.111. The normalized spacial score (nSPS) is 10.5. The summed E-state index contributed by atoms with van der Waals surface area (Å²) in [6.45, 7) is 0.887. The summed E-state index contributed by atoms with van der Waals surface area (Å²) in [5, 5.41) is 6.96. The van der Waals surface area contributed by atoms with Gasteiger partial charge in [-0.25, -0.2) is 4.39 Å². The van der Waals surface area contributed by atoms with Crippen LogP contribution >= 0.6 is 0 Å². The number of benzene rings is 2. The zero-order chi connectivity index (χ0) is 16.1. The Labute approximate surface area is 133 Å². The van der Waals surface area contributed by atoms with Crippen LogP contribution in [0.5, 0.6) is 0 Å². The van der Waals surface area contributed by atoms with Crippen LogP contribution in [-0.2, 0) is 13.1 Å². The first kappa shape index (κ1) is 15.0. The first-order chi connectivity index (χ1) is 11.2. The lowest BCUT2D eigenvalue weighted by Crippen LogP contribution is -2.22. The zero-order valence-electron chi connectivity index (χ0n) is 12.4. The minimum Gasteiger partial charge on any atom is -0.348 e. The Morgan fingerprint density at radius 1 is 1.09 bits per heavy atom. The third-order valence-electron chi connectivity index (χ3n) is 3.42. The summed E-state index contributed by atoms with van der Waals surface area (Å²) in [6, 6.07) is 16.1. The molecule has 0 radical (unpaired) electrons. The molecular formula is C18H16FN3O. The fourth-order valence-electron chi connectivity index (χ4n) is 2.27. The smallest absolute Gasteiger partial charge is 0.254 e. The molecule has 1 amide bonds. The third-order valence-corrected chi connectivity index (χ3v) is 3.42. The largest absolute Gasteiger partial charge is 0.348 e. The molecule has 0 saturated heterocycles. The van der Waals surface area contributed by atoms with Gasteiger partial charge in [0.1, 0.15) is 5.82 Å². The van der Waals surface area contributed by atoms with E-state index < -0.39 is 0 Å². The number of carbonyl (C=O) groups is 1. The summed E-state index contributed by atoms with van der Waals surface area (Å²) in [7, 11) is 0. The lowest BCUT2D eigenvalue weighted by Gasteiger charge is -2.04. The number of amides is 1. The topological polar surface area (TPSA) is 46.9 Å². The molecule has 116 valence electrons. The van der Waals surface area contributed by atoms with E-state index in [2.05, 4.69) is 10.4 Å². The number of rotatable bonds is 5. The summed E-state index contributed by atoms with van der Waals surface area (Å²) >= 11 is 0. The molecule has 3 rings (SSSR count). The van der Waals surface area contributed by atoms with Crippen LogP contribution in [0.4, 0.5) is 4.39 Å². The van der Waals surface area contributed by atoms with Gasteiger partial charge in [-0.15, -0.1) is 0 Å². The minimum atomic E-state index is -0.313. The second-order valence-electron chi connectivity index (χ2n) is 5.22. The zero-order valence-corrected chi connectivity index (χ0v) is 12.4. The van der Waals surface area contributed by atoms with Crippen LogP contribution in [0, 0.1) is 5.82 Å². The molecule has 0 saturated carbocycles. The van der Waals surface area contributed by atoms with Gasteiger partial charge in [0.25, 0.3) is 5.91 Å². The first-order valence-electron chi connectivity index (χ1n) is 7.30. The first-order valence-corrected chi connectivity index (χ1v) is 7.30. The summed E-state index contributed by atoms with van der Waals surface area (Å²) in [4.78, 5) is 12.1. The molecule has 0 bridgehead atoms. The Morgan fingerprint density at radius 2 is 1.87 bits per heavy atom. The van der Waals surface area contributed by atoms with Crippen LogP contribution in [0.1, 0.15) is 21.5 Å². The predicted molar refractivity (Wildman–Crippen MR) is 85.3 cm³/mol. The van der Waals surface area contributed by atoms with Crippen molar-refractivity contribution in [2.45, 2.75) is 13.1 Å². The molecule has 0 unspecified atom stereocenters. The fourth-order valence-corrected chi connectivity index (χ4v) is 2.27. The Bertz CT molecular complexity index is 799. The molecule has 1 heterocycles. The van der Waals surface area contributed by atoms with Gasteiger partial charge in [0, 0.05) is 12.7 Å². The van der Waals surface area contributed by atoms with Crippen LogP contribution in [0.3, 0.4) is 0 Å². The van der Waals surface area contributed by atoms with Crippen molar-refractivity contribution in [2.24, 2.45) is 0 Å². The van der Waals surface area contributed by atoms with Gasteiger partial charge in [-0.1, -0.05) is 42.5 Å². The average Bonchev–Trinajstić information content (AvgIpc) is 3.02. The standard InChI is InChI=1S/C18H16FN3O/c19-17-8-4-7-15(9-17)10-20-18(23)16-11-21-22(13-16)12-14-5-2-1-3-6-14/h1-9,11,13H,10,12H2,(H,20,23). The van der Waals surface area contributed by atoms with E-state index in [4.69, 9.17) is 0 Å². The molecule has 23 heavy (non-hydrogen) atoms. The van der Waals surface area contributed by atoms with Crippen molar-refractivity contribution in [3.8, 4) is 0 Å². The molecule has 3 aromatic rings. The van der Waals surface area contributed by atoms with Crippen LogP contribution in [0.25, 0.3) is 0 Å². The van der Waals surface area contributed by atoms with Gasteiger partial charge in [0.05, 0.1) is 18.3 Å². The van der Waals surface area contributed by atoms with Crippen molar-refractivity contribution in [3.63, 3.8) is 0 Å². The summed E-state index contributed by atoms with van der Waals surface area (Å²) in [5.74, 6) is -0.541. The van der Waals surface area contributed by atoms with Crippen LogP contribution in [-0.4, -0.2) is 15.7 Å². The Kier molecular flexibility index (Phi) is 4.47. The number of nitrogens with one attached hydrogen (secondary N) is 1. The predicted octanol–water partition coefficient (Wildman–Crippen LogP) is 3.00. The highest BCUT2D eigenvalue weighted by atomic mass is 19.1. The van der Waals surface area contributed by atoms with Crippen molar-refractivity contribution in [1.29, 1.82) is 0 Å². The molecule has 0 fully saturated rings. The number of aromatic nitrogens is 2. The van der Waals surface area contributed by atoms with Gasteiger partial charge in [0.15, 0.2) is 0 Å². The highest BCUT2D eigenvalue weighted by Gasteiger charge is 2.08. The van der Waals surface area contributed by atoms with E-state index in [-0.39, 0.29) is 18.3 Å². The Balaban J connectivity index is 1.60. The highest BCUT2D eigenvalue weighted by Crippen LogP contribution is 2.06. The monoisotopic (exact) mass is 309 g/mol. The minimum absolute atomic E-state index is 0.228. The van der Waals surface area contributed by atoms with E-state index >= 15 is 0 Å². The number of nitrogens with zero attached hydrogens (tertiary/aromatic N) is 2. The molecule has 0 aliphatic rings. The van der Waals surface area contributed by atoms with Crippen LogP contribution in [0.2, 0.25) is 0 Å². The van der Waals surface area contributed by atoms with E-state index in [1.165, 1.54) is 18.3 Å². The summed E-state index contributed by atoms with van der Waals surface area (Å²) in [5.41, 5.74) is 2.31. The Morgan fingerprint density at radius 3 is 2.65 bits per heavy atom. The molecular weight excluding hydrogens is 293 g/mol. The molecule has 4 nitrogen and oxygen atoms in total. The SMILES string of the molecule is O=C(NCc1cccc(F)c1)c1cnn(Cc2ccccc2)c1. The van der Waals surface area contributed by atoms with Gasteiger partial charge < -0.3 is 5.32 Å². The van der Waals surface area contributed by atoms with Gasteiger partial charge in [0.2, 0.25) is 0 Å². The number of hydrogen-bond donors (Lipinski definition) is 1. The molecule has 0 spiro atoms. The van der Waals surface area contributed by atoms with E-state index in [9.17, 15) is 9.18 Å². The Hall–Kier alpha value is -2.95. The molecule has 1 N–H and O–H groups in total. The van der Waals surface area contributed by atoms with Crippen LogP contribution < -0.4 is 5.32 Å². The van der Waals surface area contributed by atoms with Crippen LogP contribution in [0.15, 0.2) is 67.0 Å². The lowest BCUT2D eigenvalue weighted by atomic mass is 10.2. The van der Waals surface area contributed by atoms with Gasteiger partial charge in [-0.3, -0.25) is 9.48 Å². The van der Waals surface area contributed by atoms with Crippen molar-refractivity contribution in [3.05, 3.63) is 89.5 Å². The molecule has 1 aromatic heterocycles. The third kappa shape index (κ3) is 4.03. The second-order valence-corrected chi connectivity index (χ2v) is 5.22. The molecule has 5 heteroatoms. The molecule has 0 atom stereocenters. The molecule has 0 aliphatic heterocycles. The second kappa shape index (κ2) is 6.87. The lowest BCUT2D eigenvalue weighted by molar-refractivity contribution is 0.0950. The summed E-state index contributed by atoms with van der Waals surface area (Å²) < 4.78 is 14.8. The molecule has 2 aromatic carbocycles. The van der Waals surface area contributed by atoms with Gasteiger partial charge >= 0.3 is 0 Å². The van der Waals surface area contributed by atoms with E-state index in [1.54, 1.807) is 23.0 Å². The maximum absolute atomic E-state index is 13.1. The maximum atomic E-state index is 13.1. The van der Waals surface area contributed by atoms with E-state index in [0.29, 0.717) is 12.1 Å². The van der Waals surface area contributed by atoms with Gasteiger partial charge in [-0.2, -0.15) is 5.10 Å². The maximum Gasteiger partial charge on any atom is 0.254 e. The number of carbonyl (C=O) groups excluding carboxylic acids is 1. The highest BCUT2D eigenvalue weighted by molar-refractivity contribution is 5.93. The quantitative estimate of drug-likeness (QED) is 0.787. The summed E-state index contributed by atoms with van der Waals surface area (Å²) in [6.07, 6.45) is 3.23. The van der Waals surface area contributed by atoms with E-state index in [1.807, 2.05) is 30.3 Å². The average molecular weight is 309 g/mol. The van der Waals surface area contributed by atoms with Crippen molar-refractivity contribution < 1.29 is 9.18 Å². The number of halogens is 1. The van der Waals surface area contributed by atoms with E-state index in [0.717, 1.165) is 11.1 Å². The van der Waals surface area contributed by atoms with Crippen molar-refractivity contribution in [1.82, 2.24) is 15.1 Å². The van der Waals surface area contributed by atoms with Crippen molar-refractivity contribution >= 4 is 5.91 Å². The van der Waals surface area contributed by atoms with Crippen molar-refractivity contribution in [2.75, 3.05) is 0 Å². The number of hydrogen-bond acceptors (Lipinski definition) is 2. The molecule has 0 aliphatic carbocycles. The van der Waals surface area contributed by atoms with Gasteiger partial charge in [-0.05, 0) is 23.3 Å².